The predicted molar refractivity (Wildman–Crippen MR) is 133 cm³/mol. The van der Waals surface area contributed by atoms with Gasteiger partial charge in [0.2, 0.25) is 0 Å². The molecule has 1 unspecified atom stereocenters. The molecule has 1 atom stereocenters. The van der Waals surface area contributed by atoms with Gasteiger partial charge in [0.15, 0.2) is 17.3 Å². The van der Waals surface area contributed by atoms with Gasteiger partial charge in [0.25, 0.3) is 5.95 Å². The van der Waals surface area contributed by atoms with E-state index in [1.54, 1.807) is 56.7 Å². The van der Waals surface area contributed by atoms with Crippen molar-refractivity contribution < 1.29 is 14.2 Å². The molecule has 12 heteroatoms. The van der Waals surface area contributed by atoms with Gasteiger partial charge in [0, 0.05) is 30.8 Å². The van der Waals surface area contributed by atoms with E-state index in [2.05, 4.69) is 25.4 Å². The van der Waals surface area contributed by atoms with Gasteiger partial charge in [-0.15, -0.1) is 9.78 Å². The fourth-order valence-corrected chi connectivity index (χ4v) is 3.45. The van der Waals surface area contributed by atoms with Crippen LogP contribution >= 0.6 is 0 Å². The number of nitrogens with one attached hydrogen (secondary N) is 3. The molecule has 2 aromatic heterocycles. The Kier molecular flexibility index (Phi) is 7.56. The molecule has 0 spiro atoms. The van der Waals surface area contributed by atoms with Crippen molar-refractivity contribution in [3.63, 3.8) is 0 Å². The summed E-state index contributed by atoms with van der Waals surface area (Å²) < 4.78 is 17.4. The van der Waals surface area contributed by atoms with Crippen LogP contribution in [0.3, 0.4) is 0 Å². The number of nitrogens with zero attached hydrogens (tertiary/aromatic N) is 4. The number of nitrogen functional groups attached to an aromatic ring is 1. The maximum absolute atomic E-state index is 12.7. The van der Waals surface area contributed by atoms with E-state index in [0.29, 0.717) is 36.1 Å². The maximum Gasteiger partial charge on any atom is 0.350 e. The Bertz CT molecular complexity index is 1370. The number of anilines is 1. The molecule has 2 aromatic carbocycles. The number of rotatable bonds is 11. The molecule has 0 aliphatic carbocycles. The quantitative estimate of drug-likeness (QED) is 0.139. The zero-order valence-electron chi connectivity index (χ0n) is 19.8. The molecule has 0 aliphatic heterocycles. The Labute approximate surface area is 206 Å². The van der Waals surface area contributed by atoms with Crippen LogP contribution in [0.15, 0.2) is 65.7 Å². The first kappa shape index (κ1) is 24.4. The Balaban J connectivity index is 1.73. The summed E-state index contributed by atoms with van der Waals surface area (Å²) in [5, 5.41) is 15.4. The first-order chi connectivity index (χ1) is 17.5. The number of hydrogen-bond acceptors (Lipinski definition) is 9. The van der Waals surface area contributed by atoms with Gasteiger partial charge in [-0.1, -0.05) is 6.07 Å². The van der Waals surface area contributed by atoms with Crippen LogP contribution in [0.2, 0.25) is 0 Å². The Hall–Kier alpha value is -4.71. The average Bonchev–Trinajstić information content (AvgIpc) is 3.29. The van der Waals surface area contributed by atoms with E-state index in [9.17, 15) is 4.79 Å². The van der Waals surface area contributed by atoms with Gasteiger partial charge in [0.1, 0.15) is 18.5 Å². The molecule has 0 bridgehead atoms. The van der Waals surface area contributed by atoms with Crippen LogP contribution in [0.1, 0.15) is 23.0 Å². The van der Waals surface area contributed by atoms with Crippen molar-refractivity contribution in [2.75, 3.05) is 32.8 Å². The molecule has 36 heavy (non-hydrogen) atoms. The van der Waals surface area contributed by atoms with E-state index in [4.69, 9.17) is 25.4 Å². The summed E-state index contributed by atoms with van der Waals surface area (Å²) in [5.74, 6) is 1.51. The minimum Gasteiger partial charge on any atom is -0.493 e. The normalized spacial score (nSPS) is 11.6. The summed E-state index contributed by atoms with van der Waals surface area (Å²) >= 11 is 0. The molecular formula is C24H26N8O4. The summed E-state index contributed by atoms with van der Waals surface area (Å²) in [4.78, 5) is 23.7. The highest BCUT2D eigenvalue weighted by molar-refractivity contribution is 5.95. The lowest BCUT2D eigenvalue weighted by Crippen LogP contribution is -2.18. The topological polar surface area (TPSA) is 166 Å². The smallest absolute Gasteiger partial charge is 0.350 e. The second-order valence-corrected chi connectivity index (χ2v) is 7.60. The third-order valence-corrected chi connectivity index (χ3v) is 5.22. The van der Waals surface area contributed by atoms with Crippen LogP contribution in [-0.4, -0.2) is 58.0 Å². The minimum atomic E-state index is -0.590. The first-order valence-electron chi connectivity index (χ1n) is 11.0. The molecule has 12 nitrogen and oxygen atoms in total. The second kappa shape index (κ2) is 11.1. The third kappa shape index (κ3) is 5.50. The third-order valence-electron chi connectivity index (χ3n) is 5.22. The largest absolute Gasteiger partial charge is 0.493 e. The number of methoxy groups -OCH3 is 2. The lowest BCUT2D eigenvalue weighted by Gasteiger charge is -2.20. The Morgan fingerprint density at radius 3 is 2.53 bits per heavy atom. The first-order valence-corrected chi connectivity index (χ1v) is 11.0. The van der Waals surface area contributed by atoms with Crippen LogP contribution in [0.25, 0.3) is 5.95 Å². The lowest BCUT2D eigenvalue weighted by molar-refractivity contribution is 0.144. The molecule has 2 heterocycles. The van der Waals surface area contributed by atoms with Gasteiger partial charge in [-0.2, -0.15) is 0 Å². The molecule has 0 saturated heterocycles. The molecule has 5 N–H and O–H groups in total. The number of ether oxygens (including phenoxy) is 3. The van der Waals surface area contributed by atoms with Crippen molar-refractivity contribution >= 4 is 11.5 Å². The van der Waals surface area contributed by atoms with Gasteiger partial charge >= 0.3 is 5.69 Å². The van der Waals surface area contributed by atoms with Crippen molar-refractivity contribution in [1.82, 2.24) is 24.7 Å². The van der Waals surface area contributed by atoms with E-state index < -0.39 is 11.7 Å². The van der Waals surface area contributed by atoms with E-state index in [1.165, 1.54) is 12.4 Å². The molecule has 186 valence electrons. The van der Waals surface area contributed by atoms with Crippen LogP contribution in [0.5, 0.6) is 11.5 Å². The van der Waals surface area contributed by atoms with Crippen LogP contribution in [0.4, 0.5) is 5.69 Å². The SMILES string of the molecule is COCCOc1ccc(C(Nc2ccc(C(=N)N)cc2)c2nn(-c3ncccn3)c(=O)[nH]2)cc1OC. The number of hydrogen-bond donors (Lipinski definition) is 4. The molecule has 0 aliphatic rings. The molecule has 0 radical (unpaired) electrons. The molecular weight excluding hydrogens is 464 g/mol. The number of H-pyrrole nitrogens is 1. The van der Waals surface area contributed by atoms with Crippen molar-refractivity contribution in [3.8, 4) is 17.4 Å². The summed E-state index contributed by atoms with van der Waals surface area (Å²) in [7, 11) is 3.15. The summed E-state index contributed by atoms with van der Waals surface area (Å²) in [5.41, 5.74) is 7.15. The number of amidine groups is 1. The van der Waals surface area contributed by atoms with E-state index in [1.807, 2.05) is 6.07 Å². The standard InChI is InChI=1S/C24H26N8O4/c1-34-12-13-36-18-9-6-16(14-19(18)35-2)20(29-17-7-4-15(5-8-17)21(25)26)22-30-24(33)32(31-22)23-27-10-3-11-28-23/h3-11,14,20,29H,12-13H2,1-2H3,(H3,25,26)(H,30,31,33). The van der Waals surface area contributed by atoms with Crippen molar-refractivity contribution in [2.24, 2.45) is 5.73 Å². The van der Waals surface area contributed by atoms with E-state index in [0.717, 1.165) is 15.9 Å². The molecule has 0 fully saturated rings. The number of benzene rings is 2. The summed E-state index contributed by atoms with van der Waals surface area (Å²) in [6.45, 7) is 0.802. The summed E-state index contributed by atoms with van der Waals surface area (Å²) in [6, 6.07) is 13.5. The zero-order valence-corrected chi connectivity index (χ0v) is 19.8. The molecule has 0 amide bonds. The zero-order chi connectivity index (χ0) is 25.5. The van der Waals surface area contributed by atoms with Crippen LogP contribution < -0.4 is 26.2 Å². The fraction of sp³-hybridized carbons (Fsp3) is 0.208. The second-order valence-electron chi connectivity index (χ2n) is 7.60. The van der Waals surface area contributed by atoms with Gasteiger partial charge in [-0.3, -0.25) is 10.4 Å². The maximum atomic E-state index is 12.7. The van der Waals surface area contributed by atoms with Gasteiger partial charge in [0.05, 0.1) is 13.7 Å². The van der Waals surface area contributed by atoms with Gasteiger partial charge in [-0.05, 0) is 48.0 Å². The number of aromatic nitrogens is 5. The average molecular weight is 491 g/mol. The number of nitrogens with two attached hydrogens (primary N) is 1. The minimum absolute atomic E-state index is 0.0298. The highest BCUT2D eigenvalue weighted by Crippen LogP contribution is 2.33. The van der Waals surface area contributed by atoms with Crippen molar-refractivity contribution in [1.29, 1.82) is 5.41 Å². The van der Waals surface area contributed by atoms with E-state index in [-0.39, 0.29) is 11.8 Å². The molecule has 0 saturated carbocycles. The Morgan fingerprint density at radius 1 is 1.11 bits per heavy atom. The predicted octanol–water partition coefficient (Wildman–Crippen LogP) is 1.87. The number of aromatic amines is 1. The monoisotopic (exact) mass is 490 g/mol. The lowest BCUT2D eigenvalue weighted by atomic mass is 10.0. The Morgan fingerprint density at radius 2 is 1.86 bits per heavy atom. The van der Waals surface area contributed by atoms with Crippen LogP contribution in [-0.2, 0) is 4.74 Å². The van der Waals surface area contributed by atoms with Crippen LogP contribution in [0, 0.1) is 5.41 Å². The van der Waals surface area contributed by atoms with Crippen molar-refractivity contribution in [3.05, 3.63) is 88.4 Å². The molecule has 4 aromatic rings. The van der Waals surface area contributed by atoms with Crippen molar-refractivity contribution in [2.45, 2.75) is 6.04 Å². The van der Waals surface area contributed by atoms with E-state index >= 15 is 0 Å². The summed E-state index contributed by atoms with van der Waals surface area (Å²) in [6.07, 6.45) is 3.06. The fourth-order valence-electron chi connectivity index (χ4n) is 3.45. The van der Waals surface area contributed by atoms with Gasteiger partial charge in [-0.25, -0.2) is 14.8 Å². The molecule has 4 rings (SSSR count). The van der Waals surface area contributed by atoms with Gasteiger partial charge < -0.3 is 25.3 Å². The highest BCUT2D eigenvalue weighted by atomic mass is 16.5. The highest BCUT2D eigenvalue weighted by Gasteiger charge is 2.22.